The Hall–Kier alpha value is -2.30. The second-order valence-corrected chi connectivity index (χ2v) is 9.70. The Balaban J connectivity index is 0.000000511. The topological polar surface area (TPSA) is 173 Å². The number of thiol groups is 1. The SMILES string of the molecule is CC(C)(C)[SH](C(O)C(=O)O)C(O)C(=O)O.O=C(O)CCc1ccc(O)cc1. The van der Waals surface area contributed by atoms with Crippen LogP contribution in [0.15, 0.2) is 24.3 Å². The Morgan fingerprint density at radius 1 is 0.926 bits per heavy atom. The summed E-state index contributed by atoms with van der Waals surface area (Å²) in [5.41, 5.74) is -2.76. The smallest absolute Gasteiger partial charge is 0.341 e. The van der Waals surface area contributed by atoms with Gasteiger partial charge >= 0.3 is 17.9 Å². The molecule has 154 valence electrons. The summed E-state index contributed by atoms with van der Waals surface area (Å²) in [4.78, 5) is 31.3. The maximum absolute atomic E-state index is 10.6. The number of hydrogen-bond donors (Lipinski definition) is 7. The van der Waals surface area contributed by atoms with Crippen molar-refractivity contribution < 1.29 is 45.0 Å². The van der Waals surface area contributed by atoms with Crippen molar-refractivity contribution in [3.05, 3.63) is 29.8 Å². The molecule has 2 unspecified atom stereocenters. The highest BCUT2D eigenvalue weighted by molar-refractivity contribution is 8.20. The van der Waals surface area contributed by atoms with E-state index >= 15 is 0 Å². The lowest BCUT2D eigenvalue weighted by Crippen LogP contribution is -2.38. The number of carboxylic acids is 3. The van der Waals surface area contributed by atoms with Crippen molar-refractivity contribution in [1.29, 1.82) is 0 Å². The van der Waals surface area contributed by atoms with Crippen LogP contribution in [0.1, 0.15) is 32.8 Å². The molecule has 1 aromatic carbocycles. The van der Waals surface area contributed by atoms with Crippen LogP contribution < -0.4 is 0 Å². The first-order chi connectivity index (χ1) is 12.3. The van der Waals surface area contributed by atoms with Crippen molar-refractivity contribution in [2.45, 2.75) is 49.2 Å². The largest absolute Gasteiger partial charge is 0.508 e. The average molecular weight is 406 g/mol. The molecule has 0 spiro atoms. The van der Waals surface area contributed by atoms with Gasteiger partial charge in [-0.05, 0) is 28.9 Å². The highest BCUT2D eigenvalue weighted by Crippen LogP contribution is 2.47. The number of hydrogen-bond acceptors (Lipinski definition) is 6. The highest BCUT2D eigenvalue weighted by Gasteiger charge is 2.39. The summed E-state index contributed by atoms with van der Waals surface area (Å²) >= 11 is 0. The maximum atomic E-state index is 10.6. The number of aliphatic carboxylic acids is 3. The first-order valence-electron chi connectivity index (χ1n) is 7.87. The molecule has 0 aromatic heterocycles. The molecule has 10 heteroatoms. The lowest BCUT2D eigenvalue weighted by atomic mass is 10.1. The van der Waals surface area contributed by atoms with Crippen LogP contribution in [0.2, 0.25) is 0 Å². The van der Waals surface area contributed by atoms with E-state index in [-0.39, 0.29) is 12.2 Å². The summed E-state index contributed by atoms with van der Waals surface area (Å²) in [7, 11) is -1.99. The van der Waals surface area contributed by atoms with E-state index < -0.39 is 44.4 Å². The fraction of sp³-hybridized carbons (Fsp3) is 0.471. The average Bonchev–Trinajstić information content (AvgIpc) is 2.53. The Labute approximate surface area is 159 Å². The van der Waals surface area contributed by atoms with Crippen LogP contribution in [0.25, 0.3) is 0 Å². The number of phenols is 1. The van der Waals surface area contributed by atoms with Gasteiger partial charge in [0.15, 0.2) is 10.9 Å². The van der Waals surface area contributed by atoms with Crippen molar-refractivity contribution >= 4 is 28.8 Å². The fourth-order valence-corrected chi connectivity index (χ4v) is 4.23. The van der Waals surface area contributed by atoms with Gasteiger partial charge in [0, 0.05) is 6.42 Å². The number of phenolic OH excluding ortho intramolecular Hbond substituents is 1. The molecule has 0 saturated heterocycles. The summed E-state index contributed by atoms with van der Waals surface area (Å²) in [6.45, 7) is 4.74. The number of aromatic hydroxyl groups is 1. The molecule has 0 fully saturated rings. The normalized spacial score (nSPS) is 14.9. The number of aryl methyl sites for hydroxylation is 1. The molecular weight excluding hydrogens is 380 g/mol. The molecule has 0 saturated carbocycles. The second kappa shape index (κ2) is 10.8. The molecule has 0 amide bonds. The van der Waals surface area contributed by atoms with Crippen molar-refractivity contribution in [2.24, 2.45) is 0 Å². The number of carboxylic acid groups (broad SMARTS) is 3. The molecule has 0 heterocycles. The Kier molecular flexibility index (Phi) is 9.84. The third kappa shape index (κ3) is 9.27. The number of rotatable bonds is 7. The van der Waals surface area contributed by atoms with E-state index in [1.54, 1.807) is 45.0 Å². The van der Waals surface area contributed by atoms with Crippen LogP contribution in [-0.2, 0) is 20.8 Å². The third-order valence-corrected chi connectivity index (χ3v) is 6.35. The minimum Gasteiger partial charge on any atom is -0.508 e. The molecule has 9 nitrogen and oxygen atoms in total. The van der Waals surface area contributed by atoms with Crippen molar-refractivity contribution in [2.75, 3.05) is 0 Å². The number of benzene rings is 1. The number of aliphatic hydroxyl groups excluding tert-OH is 2. The van der Waals surface area contributed by atoms with Gasteiger partial charge in [-0.2, -0.15) is 10.9 Å². The summed E-state index contributed by atoms with van der Waals surface area (Å²) in [5.74, 6) is -3.63. The van der Waals surface area contributed by atoms with E-state index in [1.165, 1.54) is 0 Å². The predicted octanol–water partition coefficient (Wildman–Crippen LogP) is 1.00. The van der Waals surface area contributed by atoms with Gasteiger partial charge < -0.3 is 30.6 Å². The summed E-state index contributed by atoms with van der Waals surface area (Å²) < 4.78 is -0.773. The van der Waals surface area contributed by atoms with E-state index in [0.29, 0.717) is 6.42 Å². The third-order valence-electron chi connectivity index (χ3n) is 3.31. The van der Waals surface area contributed by atoms with Crippen LogP contribution in [0, 0.1) is 0 Å². The highest BCUT2D eigenvalue weighted by atomic mass is 32.2. The molecule has 0 aliphatic carbocycles. The van der Waals surface area contributed by atoms with Crippen LogP contribution in [0.4, 0.5) is 0 Å². The van der Waals surface area contributed by atoms with E-state index in [4.69, 9.17) is 20.4 Å². The lowest BCUT2D eigenvalue weighted by Gasteiger charge is -2.38. The monoisotopic (exact) mass is 406 g/mol. The van der Waals surface area contributed by atoms with E-state index in [2.05, 4.69) is 0 Å². The van der Waals surface area contributed by atoms with Gasteiger partial charge in [-0.25, -0.2) is 9.59 Å². The molecule has 0 bridgehead atoms. The Bertz CT molecular complexity index is 617. The van der Waals surface area contributed by atoms with E-state index in [9.17, 15) is 24.6 Å². The maximum Gasteiger partial charge on any atom is 0.341 e. The zero-order valence-corrected chi connectivity index (χ0v) is 16.1. The predicted molar refractivity (Wildman–Crippen MR) is 100 cm³/mol. The summed E-state index contributed by atoms with van der Waals surface area (Å²) in [6, 6.07) is 6.55. The van der Waals surface area contributed by atoms with Gasteiger partial charge in [0.25, 0.3) is 0 Å². The van der Waals surface area contributed by atoms with Crippen LogP contribution in [0.5, 0.6) is 5.75 Å². The Morgan fingerprint density at radius 3 is 1.63 bits per heavy atom. The van der Waals surface area contributed by atoms with Crippen molar-refractivity contribution in [3.63, 3.8) is 0 Å². The van der Waals surface area contributed by atoms with Gasteiger partial charge in [-0.15, -0.1) is 0 Å². The minimum absolute atomic E-state index is 0.130. The quantitative estimate of drug-likeness (QED) is 0.326. The molecule has 1 rings (SSSR count). The molecule has 0 aliphatic rings. The Morgan fingerprint density at radius 2 is 1.33 bits per heavy atom. The minimum atomic E-state index is -1.99. The molecule has 0 aliphatic heterocycles. The lowest BCUT2D eigenvalue weighted by molar-refractivity contribution is -0.143. The van der Waals surface area contributed by atoms with E-state index in [0.717, 1.165) is 5.56 Å². The number of carbonyl (C=O) groups is 3. The van der Waals surface area contributed by atoms with Crippen LogP contribution in [0.3, 0.4) is 0 Å². The summed E-state index contributed by atoms with van der Waals surface area (Å²) in [6.07, 6.45) is 0.639. The molecule has 6 N–H and O–H groups in total. The second-order valence-electron chi connectivity index (χ2n) is 6.56. The molecule has 2 atom stereocenters. The van der Waals surface area contributed by atoms with Gasteiger partial charge in [-0.3, -0.25) is 4.79 Å². The zero-order chi connectivity index (χ0) is 21.4. The summed E-state index contributed by atoms with van der Waals surface area (Å²) in [5, 5.41) is 53.2. The first-order valence-corrected chi connectivity index (χ1v) is 9.35. The molecule has 1 aromatic rings. The zero-order valence-electron chi connectivity index (χ0n) is 15.2. The standard InChI is InChI=1S/C9H10O3.C8H16O6S/c10-8-4-1-7(2-5-8)3-6-9(11)12;1-8(2,3)15(6(13)4(9)10)7(14)5(11)12/h1-2,4-5,10H,3,6H2,(H,11,12);6-7,13-15H,1-3H3,(H,9,10)(H,11,12). The number of aliphatic hydroxyl groups is 2. The van der Waals surface area contributed by atoms with Gasteiger partial charge in [0.1, 0.15) is 5.75 Å². The van der Waals surface area contributed by atoms with Crippen LogP contribution >= 0.6 is 10.9 Å². The first kappa shape index (κ1) is 24.7. The molecular formula is C17H26O9S. The van der Waals surface area contributed by atoms with E-state index in [1.807, 2.05) is 0 Å². The van der Waals surface area contributed by atoms with Crippen molar-refractivity contribution in [1.82, 2.24) is 0 Å². The van der Waals surface area contributed by atoms with Gasteiger partial charge in [-0.1, -0.05) is 32.9 Å². The fourth-order valence-electron chi connectivity index (χ4n) is 2.02. The molecule has 0 radical (unpaired) electrons. The van der Waals surface area contributed by atoms with Gasteiger partial charge in [0.05, 0.1) is 0 Å². The van der Waals surface area contributed by atoms with Gasteiger partial charge in [0.2, 0.25) is 0 Å². The molecule has 27 heavy (non-hydrogen) atoms. The van der Waals surface area contributed by atoms with Crippen molar-refractivity contribution in [3.8, 4) is 5.75 Å². The van der Waals surface area contributed by atoms with Crippen LogP contribution in [-0.4, -0.2) is 64.2 Å².